The second-order valence-electron chi connectivity index (χ2n) is 7.28. The highest BCUT2D eigenvalue weighted by molar-refractivity contribution is 5.60. The van der Waals surface area contributed by atoms with E-state index in [-0.39, 0.29) is 17.3 Å². The van der Waals surface area contributed by atoms with Gasteiger partial charge in [-0.2, -0.15) is 0 Å². The van der Waals surface area contributed by atoms with Crippen LogP contribution in [-0.4, -0.2) is 47.0 Å². The van der Waals surface area contributed by atoms with Crippen LogP contribution in [0.3, 0.4) is 0 Å². The minimum Gasteiger partial charge on any atom is -0.504 e. The number of likely N-dealkylation sites (tertiary alicyclic amines) is 1. The summed E-state index contributed by atoms with van der Waals surface area (Å²) >= 11 is 0. The molecule has 4 aliphatic rings. The van der Waals surface area contributed by atoms with E-state index in [9.17, 15) is 10.2 Å². The lowest BCUT2D eigenvalue weighted by Gasteiger charge is -2.58. The molecule has 5 atom stereocenters. The topological polar surface area (TPSA) is 52.9 Å². The summed E-state index contributed by atoms with van der Waals surface area (Å²) in [5.41, 5.74) is 2.46. The third kappa shape index (κ3) is 1.25. The largest absolute Gasteiger partial charge is 0.504 e. The smallest absolute Gasteiger partial charge is 0.165 e. The Labute approximate surface area is 124 Å². The van der Waals surface area contributed by atoms with E-state index in [0.29, 0.717) is 17.7 Å². The van der Waals surface area contributed by atoms with Gasteiger partial charge in [0.1, 0.15) is 6.10 Å². The highest BCUT2D eigenvalue weighted by Crippen LogP contribution is 2.63. The number of piperidine rings is 1. The van der Waals surface area contributed by atoms with Crippen LogP contribution < -0.4 is 4.74 Å². The van der Waals surface area contributed by atoms with Gasteiger partial charge in [-0.3, -0.25) is 0 Å². The highest BCUT2D eigenvalue weighted by Gasteiger charge is 2.65. The molecule has 4 nitrogen and oxygen atoms in total. The molecule has 1 aromatic rings. The molecule has 21 heavy (non-hydrogen) atoms. The zero-order chi connectivity index (χ0) is 14.4. The van der Waals surface area contributed by atoms with E-state index in [4.69, 9.17) is 4.74 Å². The zero-order valence-electron chi connectivity index (χ0n) is 12.2. The molecule has 5 rings (SSSR count). The van der Waals surface area contributed by atoms with E-state index in [0.717, 1.165) is 32.2 Å². The second kappa shape index (κ2) is 3.73. The number of rotatable bonds is 0. The maximum absolute atomic E-state index is 10.5. The normalized spacial score (nSPS) is 43.3. The fourth-order valence-corrected chi connectivity index (χ4v) is 5.71. The van der Waals surface area contributed by atoms with Gasteiger partial charge >= 0.3 is 0 Å². The molecule has 2 heterocycles. The van der Waals surface area contributed by atoms with Crippen LogP contribution in [0.4, 0.5) is 0 Å². The van der Waals surface area contributed by atoms with Crippen LogP contribution in [-0.2, 0) is 11.8 Å². The Kier molecular flexibility index (Phi) is 2.19. The van der Waals surface area contributed by atoms with Crippen molar-refractivity contribution in [2.24, 2.45) is 5.92 Å². The summed E-state index contributed by atoms with van der Waals surface area (Å²) < 4.78 is 6.14. The minimum atomic E-state index is -0.414. The van der Waals surface area contributed by atoms with Gasteiger partial charge < -0.3 is 19.8 Å². The molecule has 0 amide bonds. The molecule has 0 aromatic heterocycles. The fourth-order valence-electron chi connectivity index (χ4n) is 5.71. The number of benzene rings is 1. The summed E-state index contributed by atoms with van der Waals surface area (Å²) in [5.74, 6) is 1.44. The summed E-state index contributed by atoms with van der Waals surface area (Å²) in [6.45, 7) is 1.04. The molecule has 0 unspecified atom stereocenters. The van der Waals surface area contributed by atoms with Crippen molar-refractivity contribution < 1.29 is 14.9 Å². The number of nitrogens with zero attached hydrogens (tertiary/aromatic N) is 1. The summed E-state index contributed by atoms with van der Waals surface area (Å²) in [4.78, 5) is 2.48. The predicted molar refractivity (Wildman–Crippen MR) is 77.7 cm³/mol. The Balaban J connectivity index is 1.81. The SMILES string of the molecule is CN1CC[C@]23c4c5ccc(O)c4O[C@@H]2[C@@H](O)CC[C@H]3[C@H]1C5. The van der Waals surface area contributed by atoms with Gasteiger partial charge in [-0.05, 0) is 56.8 Å². The molecule has 2 aliphatic carbocycles. The summed E-state index contributed by atoms with van der Waals surface area (Å²) in [7, 11) is 2.22. The third-order valence-corrected chi connectivity index (χ3v) is 6.56. The van der Waals surface area contributed by atoms with Gasteiger partial charge in [0.05, 0.1) is 6.10 Å². The van der Waals surface area contributed by atoms with Crippen LogP contribution in [0.1, 0.15) is 30.4 Å². The Hall–Kier alpha value is -1.26. The van der Waals surface area contributed by atoms with Crippen LogP contribution in [0.15, 0.2) is 12.1 Å². The molecule has 2 bridgehead atoms. The first-order chi connectivity index (χ1) is 10.1. The van der Waals surface area contributed by atoms with Gasteiger partial charge in [0, 0.05) is 17.0 Å². The Bertz CT molecular complexity index is 631. The summed E-state index contributed by atoms with van der Waals surface area (Å²) in [6.07, 6.45) is 3.35. The van der Waals surface area contributed by atoms with Gasteiger partial charge in [0.15, 0.2) is 11.5 Å². The van der Waals surface area contributed by atoms with Crippen molar-refractivity contribution in [3.05, 3.63) is 23.3 Å². The average Bonchev–Trinajstić information content (AvgIpc) is 2.83. The molecule has 4 heteroatoms. The monoisotopic (exact) mass is 287 g/mol. The Morgan fingerprint density at radius 3 is 3.05 bits per heavy atom. The van der Waals surface area contributed by atoms with Crippen LogP contribution in [0.25, 0.3) is 0 Å². The maximum Gasteiger partial charge on any atom is 0.165 e. The lowest BCUT2D eigenvalue weighted by Crippen LogP contribution is -2.66. The maximum atomic E-state index is 10.5. The molecule has 1 aromatic carbocycles. The number of aromatic hydroxyl groups is 1. The lowest BCUT2D eigenvalue weighted by molar-refractivity contribution is -0.0993. The molecule has 1 spiro atoms. The second-order valence-corrected chi connectivity index (χ2v) is 7.28. The average molecular weight is 287 g/mol. The molecule has 2 fully saturated rings. The first kappa shape index (κ1) is 12.3. The molecule has 0 radical (unpaired) electrons. The quantitative estimate of drug-likeness (QED) is 0.758. The van der Waals surface area contributed by atoms with E-state index in [2.05, 4.69) is 18.0 Å². The summed E-state index contributed by atoms with van der Waals surface area (Å²) in [6, 6.07) is 4.36. The molecular weight excluding hydrogens is 266 g/mol. The van der Waals surface area contributed by atoms with Crippen molar-refractivity contribution in [1.82, 2.24) is 4.90 Å². The number of aliphatic hydroxyl groups excluding tert-OH is 1. The van der Waals surface area contributed by atoms with Crippen LogP contribution in [0.5, 0.6) is 11.5 Å². The molecule has 1 saturated heterocycles. The predicted octanol–water partition coefficient (Wildman–Crippen LogP) is 1.42. The molecule has 2 aliphatic heterocycles. The van der Waals surface area contributed by atoms with Gasteiger partial charge in [-0.15, -0.1) is 0 Å². The molecule has 112 valence electrons. The number of hydrogen-bond donors (Lipinski definition) is 2. The molecule has 2 N–H and O–H groups in total. The first-order valence-electron chi connectivity index (χ1n) is 8.03. The van der Waals surface area contributed by atoms with Crippen molar-refractivity contribution in [2.75, 3.05) is 13.6 Å². The number of likely N-dealkylation sites (N-methyl/N-ethyl adjacent to an activating group) is 1. The van der Waals surface area contributed by atoms with Crippen molar-refractivity contribution in [1.29, 1.82) is 0 Å². The van der Waals surface area contributed by atoms with Crippen LogP contribution in [0, 0.1) is 5.92 Å². The van der Waals surface area contributed by atoms with Gasteiger partial charge in [0.25, 0.3) is 0 Å². The van der Waals surface area contributed by atoms with Crippen molar-refractivity contribution in [3.8, 4) is 11.5 Å². The number of phenols is 1. The molecule has 1 saturated carbocycles. The minimum absolute atomic E-state index is 0.0729. The van der Waals surface area contributed by atoms with E-state index in [1.807, 2.05) is 0 Å². The highest BCUT2D eigenvalue weighted by atomic mass is 16.5. The summed E-state index contributed by atoms with van der Waals surface area (Å²) in [5, 5.41) is 20.8. The first-order valence-corrected chi connectivity index (χ1v) is 8.03. The van der Waals surface area contributed by atoms with E-state index in [1.165, 1.54) is 11.1 Å². The van der Waals surface area contributed by atoms with Gasteiger partial charge in [-0.25, -0.2) is 0 Å². The van der Waals surface area contributed by atoms with E-state index in [1.54, 1.807) is 6.07 Å². The molecular formula is C17H21NO3. The Morgan fingerprint density at radius 2 is 2.19 bits per heavy atom. The standard InChI is InChI=1S/C17H21NO3/c1-18-7-6-17-10-3-5-13(20)16(17)21-15-12(19)4-2-9(14(15)17)8-11(10)18/h2,4,10-11,13,16,19-20H,3,5-8H2,1H3/t10-,11+,13-,16+,17-/m0/s1. The van der Waals surface area contributed by atoms with Crippen molar-refractivity contribution >= 4 is 0 Å². The van der Waals surface area contributed by atoms with E-state index < -0.39 is 6.10 Å². The third-order valence-electron chi connectivity index (χ3n) is 6.56. The number of hydrogen-bond acceptors (Lipinski definition) is 4. The van der Waals surface area contributed by atoms with Gasteiger partial charge in [0.2, 0.25) is 0 Å². The Morgan fingerprint density at radius 1 is 1.33 bits per heavy atom. The van der Waals surface area contributed by atoms with E-state index >= 15 is 0 Å². The van der Waals surface area contributed by atoms with Crippen LogP contribution >= 0.6 is 0 Å². The number of ether oxygens (including phenoxy) is 1. The van der Waals surface area contributed by atoms with Crippen LogP contribution in [0.2, 0.25) is 0 Å². The lowest BCUT2D eigenvalue weighted by atomic mass is 9.51. The number of aliphatic hydroxyl groups is 1. The van der Waals surface area contributed by atoms with Crippen molar-refractivity contribution in [3.63, 3.8) is 0 Å². The van der Waals surface area contributed by atoms with Crippen molar-refractivity contribution in [2.45, 2.75) is 49.3 Å². The van der Waals surface area contributed by atoms with Gasteiger partial charge in [-0.1, -0.05) is 6.07 Å². The fraction of sp³-hybridized carbons (Fsp3) is 0.647. The number of phenolic OH excluding ortho intramolecular Hbond substituents is 1. The zero-order valence-corrected chi connectivity index (χ0v) is 12.2.